The summed E-state index contributed by atoms with van der Waals surface area (Å²) in [6.45, 7) is 0. The van der Waals surface area contributed by atoms with Crippen molar-refractivity contribution in [2.75, 3.05) is 0 Å². The highest BCUT2D eigenvalue weighted by molar-refractivity contribution is 5.95. The van der Waals surface area contributed by atoms with Crippen molar-refractivity contribution >= 4 is 22.8 Å². The zero-order valence-electron chi connectivity index (χ0n) is 13.7. The number of fused-ring (bicyclic) bond motifs is 1. The number of nitrogens with one attached hydrogen (secondary N) is 2. The summed E-state index contributed by atoms with van der Waals surface area (Å²) in [7, 11) is 0. The topological polar surface area (TPSA) is 112 Å². The molecule has 130 valence electrons. The van der Waals surface area contributed by atoms with E-state index in [2.05, 4.69) is 15.3 Å². The molecule has 7 nitrogen and oxygen atoms in total. The molecule has 0 saturated heterocycles. The minimum atomic E-state index is -1.08. The predicted octanol–water partition coefficient (Wildman–Crippen LogP) is 2.18. The maximum absolute atomic E-state index is 12.3. The summed E-state index contributed by atoms with van der Waals surface area (Å²) in [5, 5.41) is 12.3. The van der Waals surface area contributed by atoms with E-state index in [0.717, 1.165) is 12.8 Å². The number of nitrogens with zero attached hydrogens (tertiary/aromatic N) is 1. The Morgan fingerprint density at radius 2 is 1.77 bits per heavy atom. The van der Waals surface area contributed by atoms with Crippen molar-refractivity contribution in [3.8, 4) is 11.4 Å². The standard InChI is InChI=1S/C19H15N3O4/c23-17(20-13-6-7-13)11-3-1-10(2-4-11)16-21-15-9-12(19(25)26)5-8-14(15)18(24)22-16/h1-5,8-9,13H,6-7H2,(H,20,23)(H,25,26)(H,21,22,24). The number of amides is 1. The molecular formula is C19H15N3O4. The van der Waals surface area contributed by atoms with Crippen LogP contribution in [0.4, 0.5) is 0 Å². The number of H-pyrrole nitrogens is 1. The van der Waals surface area contributed by atoms with E-state index in [-0.39, 0.29) is 23.1 Å². The van der Waals surface area contributed by atoms with Gasteiger partial charge in [-0.2, -0.15) is 0 Å². The third-order valence-electron chi connectivity index (χ3n) is 4.29. The van der Waals surface area contributed by atoms with Crippen molar-refractivity contribution in [2.45, 2.75) is 18.9 Å². The van der Waals surface area contributed by atoms with Crippen LogP contribution in [0.15, 0.2) is 47.3 Å². The lowest BCUT2D eigenvalue weighted by Gasteiger charge is -2.06. The number of hydrogen-bond acceptors (Lipinski definition) is 4. The van der Waals surface area contributed by atoms with E-state index in [1.165, 1.54) is 18.2 Å². The smallest absolute Gasteiger partial charge is 0.335 e. The van der Waals surface area contributed by atoms with E-state index in [1.54, 1.807) is 24.3 Å². The molecular weight excluding hydrogens is 334 g/mol. The average molecular weight is 349 g/mol. The van der Waals surface area contributed by atoms with Crippen LogP contribution in [0.25, 0.3) is 22.3 Å². The zero-order chi connectivity index (χ0) is 18.3. The summed E-state index contributed by atoms with van der Waals surface area (Å²) in [6, 6.07) is 11.2. The largest absolute Gasteiger partial charge is 0.478 e. The molecule has 3 aromatic rings. The van der Waals surface area contributed by atoms with Gasteiger partial charge in [-0.1, -0.05) is 12.1 Å². The number of aromatic carboxylic acids is 1. The molecule has 7 heteroatoms. The van der Waals surface area contributed by atoms with Gasteiger partial charge in [0.2, 0.25) is 0 Å². The molecule has 0 unspecified atom stereocenters. The summed E-state index contributed by atoms with van der Waals surface area (Å²) in [6.07, 6.45) is 2.04. The quantitative estimate of drug-likeness (QED) is 0.668. The Morgan fingerprint density at radius 1 is 1.08 bits per heavy atom. The fourth-order valence-corrected chi connectivity index (χ4v) is 2.69. The molecule has 0 aliphatic heterocycles. The van der Waals surface area contributed by atoms with Crippen LogP contribution < -0.4 is 10.9 Å². The normalized spacial score (nSPS) is 13.5. The van der Waals surface area contributed by atoms with Gasteiger partial charge < -0.3 is 15.4 Å². The molecule has 1 aliphatic rings. The van der Waals surface area contributed by atoms with Gasteiger partial charge in [-0.25, -0.2) is 9.78 Å². The number of carbonyl (C=O) groups excluding carboxylic acids is 1. The van der Waals surface area contributed by atoms with E-state index in [9.17, 15) is 14.4 Å². The first-order chi connectivity index (χ1) is 12.5. The molecule has 0 atom stereocenters. The fraction of sp³-hybridized carbons (Fsp3) is 0.158. The van der Waals surface area contributed by atoms with E-state index in [4.69, 9.17) is 5.11 Å². The molecule has 26 heavy (non-hydrogen) atoms. The zero-order valence-corrected chi connectivity index (χ0v) is 13.7. The van der Waals surface area contributed by atoms with Gasteiger partial charge in [0.05, 0.1) is 16.5 Å². The number of hydrogen-bond donors (Lipinski definition) is 3. The fourth-order valence-electron chi connectivity index (χ4n) is 2.69. The number of aromatic nitrogens is 2. The van der Waals surface area contributed by atoms with Gasteiger partial charge in [-0.15, -0.1) is 0 Å². The van der Waals surface area contributed by atoms with E-state index in [0.29, 0.717) is 27.9 Å². The van der Waals surface area contributed by atoms with Crippen LogP contribution in [-0.4, -0.2) is 33.0 Å². The molecule has 1 saturated carbocycles. The molecule has 0 radical (unpaired) electrons. The number of carboxylic acid groups (broad SMARTS) is 1. The molecule has 1 fully saturated rings. The maximum atomic E-state index is 12.3. The first kappa shape index (κ1) is 16.0. The van der Waals surface area contributed by atoms with E-state index < -0.39 is 5.97 Å². The summed E-state index contributed by atoms with van der Waals surface area (Å²) in [4.78, 5) is 42.5. The van der Waals surface area contributed by atoms with Gasteiger partial charge >= 0.3 is 5.97 Å². The van der Waals surface area contributed by atoms with Gasteiger partial charge in [-0.05, 0) is 43.2 Å². The summed E-state index contributed by atoms with van der Waals surface area (Å²) >= 11 is 0. The Bertz CT molecular complexity index is 1080. The Morgan fingerprint density at radius 3 is 2.42 bits per heavy atom. The summed E-state index contributed by atoms with van der Waals surface area (Å²) < 4.78 is 0. The third-order valence-corrected chi connectivity index (χ3v) is 4.29. The number of carboxylic acids is 1. The molecule has 1 amide bonds. The van der Waals surface area contributed by atoms with Crippen LogP contribution in [0.1, 0.15) is 33.6 Å². The van der Waals surface area contributed by atoms with Gasteiger partial charge in [0.25, 0.3) is 11.5 Å². The lowest BCUT2D eigenvalue weighted by molar-refractivity contribution is 0.0696. The first-order valence-corrected chi connectivity index (χ1v) is 8.20. The van der Waals surface area contributed by atoms with Crippen LogP contribution in [-0.2, 0) is 0 Å². The highest BCUT2D eigenvalue weighted by atomic mass is 16.4. The number of carbonyl (C=O) groups is 2. The highest BCUT2D eigenvalue weighted by Crippen LogP contribution is 2.21. The van der Waals surface area contributed by atoms with Gasteiger partial charge in [0.1, 0.15) is 5.82 Å². The summed E-state index contributed by atoms with van der Waals surface area (Å²) in [5.41, 5.74) is 1.19. The second kappa shape index (κ2) is 6.11. The second-order valence-electron chi connectivity index (χ2n) is 6.28. The minimum absolute atomic E-state index is 0.0636. The molecule has 1 aliphatic carbocycles. The molecule has 4 rings (SSSR count). The number of rotatable bonds is 4. The lowest BCUT2D eigenvalue weighted by Crippen LogP contribution is -2.25. The third kappa shape index (κ3) is 3.06. The van der Waals surface area contributed by atoms with Gasteiger partial charge in [0.15, 0.2) is 0 Å². The van der Waals surface area contributed by atoms with Crippen molar-refractivity contribution in [1.29, 1.82) is 0 Å². The number of aromatic amines is 1. The molecule has 0 bridgehead atoms. The Labute approximate surface area is 147 Å². The second-order valence-corrected chi connectivity index (χ2v) is 6.28. The van der Waals surface area contributed by atoms with Crippen LogP contribution in [0.2, 0.25) is 0 Å². The number of benzene rings is 2. The Balaban J connectivity index is 1.70. The van der Waals surface area contributed by atoms with Crippen LogP contribution in [0.5, 0.6) is 0 Å². The molecule has 3 N–H and O–H groups in total. The molecule has 0 spiro atoms. The highest BCUT2D eigenvalue weighted by Gasteiger charge is 2.23. The molecule has 2 aromatic carbocycles. The average Bonchev–Trinajstić information content (AvgIpc) is 3.45. The van der Waals surface area contributed by atoms with Crippen molar-refractivity contribution in [2.24, 2.45) is 0 Å². The van der Waals surface area contributed by atoms with Crippen molar-refractivity contribution in [3.05, 3.63) is 63.9 Å². The molecule has 1 heterocycles. The van der Waals surface area contributed by atoms with Crippen molar-refractivity contribution < 1.29 is 14.7 Å². The predicted molar refractivity (Wildman–Crippen MR) is 95.2 cm³/mol. The van der Waals surface area contributed by atoms with Crippen LogP contribution >= 0.6 is 0 Å². The lowest BCUT2D eigenvalue weighted by atomic mass is 10.1. The first-order valence-electron chi connectivity index (χ1n) is 8.20. The van der Waals surface area contributed by atoms with Gasteiger partial charge in [0, 0.05) is 17.2 Å². The minimum Gasteiger partial charge on any atom is -0.478 e. The van der Waals surface area contributed by atoms with Crippen molar-refractivity contribution in [1.82, 2.24) is 15.3 Å². The van der Waals surface area contributed by atoms with Crippen LogP contribution in [0.3, 0.4) is 0 Å². The van der Waals surface area contributed by atoms with Crippen molar-refractivity contribution in [3.63, 3.8) is 0 Å². The maximum Gasteiger partial charge on any atom is 0.335 e. The van der Waals surface area contributed by atoms with E-state index >= 15 is 0 Å². The monoisotopic (exact) mass is 349 g/mol. The van der Waals surface area contributed by atoms with E-state index in [1.807, 2.05) is 0 Å². The molecule has 1 aromatic heterocycles. The van der Waals surface area contributed by atoms with Crippen LogP contribution in [0, 0.1) is 0 Å². The Kier molecular flexibility index (Phi) is 3.76. The SMILES string of the molecule is O=C(O)c1ccc2c(=O)[nH]c(-c3ccc(C(=O)NC4CC4)cc3)nc2c1. The Hall–Kier alpha value is -3.48. The summed E-state index contributed by atoms with van der Waals surface area (Å²) in [5.74, 6) is -0.883. The van der Waals surface area contributed by atoms with Gasteiger partial charge in [-0.3, -0.25) is 9.59 Å².